The monoisotopic (exact) mass is 390 g/mol. The largest absolute Gasteiger partial charge is 0.481 e. The molecule has 2 aliphatic heterocycles. The first kappa shape index (κ1) is 20.0. The van der Waals surface area contributed by atoms with E-state index in [9.17, 15) is 19.5 Å². The number of aliphatic carboxylic acids is 1. The van der Waals surface area contributed by atoms with Gasteiger partial charge in [0, 0.05) is 31.6 Å². The average Bonchev–Trinajstić information content (AvgIpc) is 2.99. The molecule has 0 radical (unpaired) electrons. The Balaban J connectivity index is 1.60. The predicted octanol–water partition coefficient (Wildman–Crippen LogP) is 2.58. The smallest absolute Gasteiger partial charge is 0.410 e. The van der Waals surface area contributed by atoms with E-state index in [1.807, 2.05) is 30.3 Å². The van der Waals surface area contributed by atoms with E-state index in [4.69, 9.17) is 9.47 Å². The summed E-state index contributed by atoms with van der Waals surface area (Å²) in [4.78, 5) is 39.3. The van der Waals surface area contributed by atoms with Gasteiger partial charge in [-0.05, 0) is 26.3 Å². The molecule has 2 aliphatic rings. The Morgan fingerprint density at radius 3 is 2.25 bits per heavy atom. The highest BCUT2D eigenvalue weighted by Crippen LogP contribution is 2.44. The van der Waals surface area contributed by atoms with Crippen LogP contribution in [0.4, 0.5) is 9.59 Å². The number of carbonyl (C=O) groups excluding carboxylic acids is 2. The fourth-order valence-electron chi connectivity index (χ4n) is 3.75. The highest BCUT2D eigenvalue weighted by molar-refractivity contribution is 5.77. The van der Waals surface area contributed by atoms with Crippen molar-refractivity contribution in [1.82, 2.24) is 9.80 Å². The second-order valence-electron chi connectivity index (χ2n) is 8.51. The van der Waals surface area contributed by atoms with Gasteiger partial charge in [-0.15, -0.1) is 0 Å². The fourth-order valence-corrected chi connectivity index (χ4v) is 3.75. The molecule has 2 heterocycles. The second-order valence-corrected chi connectivity index (χ2v) is 8.51. The van der Waals surface area contributed by atoms with E-state index in [1.54, 1.807) is 20.8 Å². The van der Waals surface area contributed by atoms with Crippen LogP contribution in [0.1, 0.15) is 26.3 Å². The first-order chi connectivity index (χ1) is 13.1. The van der Waals surface area contributed by atoms with E-state index in [1.165, 1.54) is 9.80 Å². The highest BCUT2D eigenvalue weighted by atomic mass is 16.6. The number of amides is 2. The number of carbonyl (C=O) groups is 3. The number of carboxylic acid groups (broad SMARTS) is 1. The molecule has 28 heavy (non-hydrogen) atoms. The fraction of sp³-hybridized carbons (Fsp3) is 0.550. The Bertz CT molecular complexity index is 752. The van der Waals surface area contributed by atoms with Crippen molar-refractivity contribution in [3.05, 3.63) is 35.9 Å². The maximum atomic E-state index is 12.4. The van der Waals surface area contributed by atoms with Crippen LogP contribution in [0.5, 0.6) is 0 Å². The van der Waals surface area contributed by atoms with Gasteiger partial charge in [0.1, 0.15) is 12.2 Å². The molecule has 2 saturated heterocycles. The standard InChI is InChI=1S/C20H26N2O6/c1-19(2,3)28-18(26)22-12-20(13-22)11-21(9-15(20)16(23)24)17(25)27-10-14-7-5-4-6-8-14/h4-8,15H,9-13H2,1-3H3,(H,23,24)/t15-/m1/s1. The summed E-state index contributed by atoms with van der Waals surface area (Å²) in [5, 5.41) is 9.62. The van der Waals surface area contributed by atoms with Crippen LogP contribution >= 0.6 is 0 Å². The Morgan fingerprint density at radius 2 is 1.68 bits per heavy atom. The third kappa shape index (κ3) is 4.21. The van der Waals surface area contributed by atoms with E-state index < -0.39 is 35.1 Å². The van der Waals surface area contributed by atoms with Crippen molar-refractivity contribution in [1.29, 1.82) is 0 Å². The van der Waals surface area contributed by atoms with Gasteiger partial charge < -0.3 is 24.4 Å². The van der Waals surface area contributed by atoms with Crippen LogP contribution < -0.4 is 0 Å². The lowest BCUT2D eigenvalue weighted by Gasteiger charge is -2.49. The van der Waals surface area contributed by atoms with E-state index >= 15 is 0 Å². The summed E-state index contributed by atoms with van der Waals surface area (Å²) < 4.78 is 10.7. The zero-order chi connectivity index (χ0) is 20.5. The molecule has 3 rings (SSSR count). The Hall–Kier alpha value is -2.77. The first-order valence-corrected chi connectivity index (χ1v) is 9.26. The minimum absolute atomic E-state index is 0.0745. The minimum Gasteiger partial charge on any atom is -0.481 e. The van der Waals surface area contributed by atoms with Gasteiger partial charge in [0.15, 0.2) is 0 Å². The second kappa shape index (κ2) is 7.33. The molecular formula is C20H26N2O6. The van der Waals surface area contributed by atoms with Crippen LogP contribution in [0.3, 0.4) is 0 Å². The summed E-state index contributed by atoms with van der Waals surface area (Å²) in [6.07, 6.45) is -1.00. The summed E-state index contributed by atoms with van der Waals surface area (Å²) >= 11 is 0. The molecule has 0 saturated carbocycles. The average molecular weight is 390 g/mol. The highest BCUT2D eigenvalue weighted by Gasteiger charge is 2.59. The van der Waals surface area contributed by atoms with Gasteiger partial charge in [0.05, 0.1) is 5.92 Å². The lowest BCUT2D eigenvalue weighted by Crippen LogP contribution is -2.63. The van der Waals surface area contributed by atoms with Crippen molar-refractivity contribution in [2.24, 2.45) is 11.3 Å². The van der Waals surface area contributed by atoms with Crippen LogP contribution in [-0.2, 0) is 20.9 Å². The van der Waals surface area contributed by atoms with E-state index in [0.29, 0.717) is 0 Å². The predicted molar refractivity (Wildman–Crippen MR) is 99.6 cm³/mol. The summed E-state index contributed by atoms with van der Waals surface area (Å²) in [6, 6.07) is 9.29. The summed E-state index contributed by atoms with van der Waals surface area (Å²) in [5.41, 5.74) is -0.414. The van der Waals surface area contributed by atoms with Gasteiger partial charge in [0.25, 0.3) is 0 Å². The topological polar surface area (TPSA) is 96.4 Å². The maximum absolute atomic E-state index is 12.4. The summed E-state index contributed by atoms with van der Waals surface area (Å²) in [6.45, 7) is 6.29. The Labute approximate surface area is 164 Å². The molecule has 0 unspecified atom stereocenters. The molecule has 152 valence electrons. The number of benzene rings is 1. The number of hydrogen-bond donors (Lipinski definition) is 1. The van der Waals surface area contributed by atoms with E-state index in [0.717, 1.165) is 5.56 Å². The normalized spacial score (nSPS) is 20.6. The van der Waals surface area contributed by atoms with Gasteiger partial charge in [0.2, 0.25) is 0 Å². The molecule has 1 atom stereocenters. The quantitative estimate of drug-likeness (QED) is 0.852. The van der Waals surface area contributed by atoms with Gasteiger partial charge >= 0.3 is 18.2 Å². The van der Waals surface area contributed by atoms with Crippen LogP contribution in [0, 0.1) is 11.3 Å². The number of likely N-dealkylation sites (tertiary alicyclic amines) is 2. The molecule has 1 aromatic rings. The minimum atomic E-state index is -0.970. The molecule has 1 spiro atoms. The number of carboxylic acids is 1. The molecule has 0 bridgehead atoms. The van der Waals surface area contributed by atoms with Crippen LogP contribution in [-0.4, -0.2) is 64.8 Å². The van der Waals surface area contributed by atoms with Gasteiger partial charge in [-0.3, -0.25) is 4.79 Å². The molecule has 0 aromatic heterocycles. The Kier molecular flexibility index (Phi) is 5.23. The molecule has 2 fully saturated rings. The van der Waals surface area contributed by atoms with Crippen LogP contribution in [0.25, 0.3) is 0 Å². The molecule has 1 N–H and O–H groups in total. The SMILES string of the molecule is CC(C)(C)OC(=O)N1CC2(CN(C(=O)OCc3ccccc3)C[C@@H]2C(=O)O)C1. The molecule has 1 aromatic carbocycles. The first-order valence-electron chi connectivity index (χ1n) is 9.26. The molecule has 2 amide bonds. The van der Waals surface area contributed by atoms with Crippen molar-refractivity contribution in [3.63, 3.8) is 0 Å². The molecular weight excluding hydrogens is 364 g/mol. The van der Waals surface area contributed by atoms with Gasteiger partial charge in [-0.1, -0.05) is 30.3 Å². The van der Waals surface area contributed by atoms with Crippen molar-refractivity contribution in [2.75, 3.05) is 26.2 Å². The number of hydrogen-bond acceptors (Lipinski definition) is 5. The van der Waals surface area contributed by atoms with E-state index in [2.05, 4.69) is 0 Å². The molecule has 8 heteroatoms. The van der Waals surface area contributed by atoms with Crippen molar-refractivity contribution >= 4 is 18.2 Å². The van der Waals surface area contributed by atoms with Crippen molar-refractivity contribution < 1.29 is 29.0 Å². The lowest BCUT2D eigenvalue weighted by atomic mass is 9.72. The summed E-state index contributed by atoms with van der Waals surface area (Å²) in [7, 11) is 0. The van der Waals surface area contributed by atoms with Gasteiger partial charge in [-0.2, -0.15) is 0 Å². The zero-order valence-electron chi connectivity index (χ0n) is 16.4. The zero-order valence-corrected chi connectivity index (χ0v) is 16.4. The van der Waals surface area contributed by atoms with Crippen LogP contribution in [0.15, 0.2) is 30.3 Å². The van der Waals surface area contributed by atoms with Crippen molar-refractivity contribution in [2.45, 2.75) is 33.0 Å². The van der Waals surface area contributed by atoms with Crippen LogP contribution in [0.2, 0.25) is 0 Å². The third-order valence-corrected chi connectivity index (χ3v) is 5.07. The maximum Gasteiger partial charge on any atom is 0.410 e. The number of rotatable bonds is 3. The molecule has 0 aliphatic carbocycles. The summed E-state index contributed by atoms with van der Waals surface area (Å²) in [5.74, 6) is -1.71. The van der Waals surface area contributed by atoms with Crippen molar-refractivity contribution in [3.8, 4) is 0 Å². The number of nitrogens with zero attached hydrogens (tertiary/aromatic N) is 2. The molecule has 8 nitrogen and oxygen atoms in total. The van der Waals surface area contributed by atoms with E-state index in [-0.39, 0.29) is 32.8 Å². The number of ether oxygens (including phenoxy) is 2. The van der Waals surface area contributed by atoms with Gasteiger partial charge in [-0.25, -0.2) is 9.59 Å². The Morgan fingerprint density at radius 1 is 1.07 bits per heavy atom. The third-order valence-electron chi connectivity index (χ3n) is 5.07. The lowest BCUT2D eigenvalue weighted by molar-refractivity contribution is -0.149.